The van der Waals surface area contributed by atoms with Crippen LogP contribution in [0.5, 0.6) is 0 Å². The molecule has 1 N–H and O–H groups in total. The quantitative estimate of drug-likeness (QED) is 0.797. The molecule has 2 amide bonds. The number of hydrogen-bond acceptors (Lipinski definition) is 4. The highest BCUT2D eigenvalue weighted by molar-refractivity contribution is 7.92. The highest BCUT2D eigenvalue weighted by Crippen LogP contribution is 2.14. The van der Waals surface area contributed by atoms with Crippen LogP contribution >= 0.6 is 11.6 Å². The summed E-state index contributed by atoms with van der Waals surface area (Å²) < 4.78 is 24.6. The normalized spacial score (nSPS) is 15.4. The third-order valence-electron chi connectivity index (χ3n) is 3.47. The Labute approximate surface area is 140 Å². The molecule has 1 aromatic carbocycles. The lowest BCUT2D eigenvalue weighted by atomic mass is 10.1. The number of amides is 2. The minimum atomic E-state index is -3.34. The second-order valence-corrected chi connectivity index (χ2v) is 7.27. The van der Waals surface area contributed by atoms with Crippen molar-refractivity contribution in [3.63, 3.8) is 0 Å². The summed E-state index contributed by atoms with van der Waals surface area (Å²) in [5, 5.41) is 0. The van der Waals surface area contributed by atoms with Crippen LogP contribution in [-0.4, -0.2) is 68.3 Å². The van der Waals surface area contributed by atoms with E-state index in [1.54, 1.807) is 34.1 Å². The topological polar surface area (TPSA) is 86.8 Å². The largest absolute Gasteiger partial charge is 0.338 e. The fourth-order valence-corrected chi connectivity index (χ4v) is 3.05. The second-order valence-electron chi connectivity index (χ2n) is 5.26. The maximum atomic E-state index is 12.4. The number of rotatable bonds is 4. The van der Waals surface area contributed by atoms with Gasteiger partial charge < -0.3 is 9.80 Å². The predicted octanol–water partition coefficient (Wildman–Crippen LogP) is 0.581. The molecule has 9 heteroatoms. The molecule has 7 nitrogen and oxygen atoms in total. The molecular weight excluding hydrogens is 342 g/mol. The van der Waals surface area contributed by atoms with E-state index in [9.17, 15) is 18.0 Å². The van der Waals surface area contributed by atoms with Crippen LogP contribution in [0.15, 0.2) is 24.3 Å². The van der Waals surface area contributed by atoms with Crippen LogP contribution < -0.4 is 4.72 Å². The number of nitrogens with one attached hydrogen (secondary N) is 1. The van der Waals surface area contributed by atoms with Crippen molar-refractivity contribution in [3.05, 3.63) is 29.8 Å². The van der Waals surface area contributed by atoms with Crippen LogP contribution in [0.1, 0.15) is 10.4 Å². The molecule has 1 aliphatic heterocycles. The molecule has 1 saturated heterocycles. The molecule has 23 heavy (non-hydrogen) atoms. The van der Waals surface area contributed by atoms with Crippen LogP contribution in [-0.2, 0) is 14.8 Å². The van der Waals surface area contributed by atoms with Crippen LogP contribution in [0.4, 0.5) is 5.69 Å². The number of alkyl halides is 1. The zero-order valence-electron chi connectivity index (χ0n) is 12.7. The van der Waals surface area contributed by atoms with Crippen molar-refractivity contribution >= 4 is 39.1 Å². The molecule has 0 atom stereocenters. The summed E-state index contributed by atoms with van der Waals surface area (Å²) >= 11 is 5.52. The highest BCUT2D eigenvalue weighted by atomic mass is 35.5. The molecule has 1 aromatic rings. The van der Waals surface area contributed by atoms with Gasteiger partial charge in [-0.1, -0.05) is 0 Å². The molecule has 0 aromatic heterocycles. The van der Waals surface area contributed by atoms with Gasteiger partial charge in [-0.3, -0.25) is 14.3 Å². The van der Waals surface area contributed by atoms with Gasteiger partial charge in [0, 0.05) is 37.4 Å². The Morgan fingerprint density at radius 1 is 1.09 bits per heavy atom. The van der Waals surface area contributed by atoms with Gasteiger partial charge in [0.05, 0.1) is 6.26 Å². The molecule has 1 heterocycles. The standard InChI is InChI=1S/C14H18ClN3O4S/c1-23(21,22)16-12-4-2-11(3-5-12)14(20)18-8-6-17(7-9-18)13(19)10-15/h2-5,16H,6-10H2,1H3. The number of carbonyl (C=O) groups is 2. The van der Waals surface area contributed by atoms with Gasteiger partial charge >= 0.3 is 0 Å². The summed E-state index contributed by atoms with van der Waals surface area (Å²) in [6.45, 7) is 1.83. The van der Waals surface area contributed by atoms with Crippen molar-refractivity contribution in [1.82, 2.24) is 9.80 Å². The number of anilines is 1. The fraction of sp³-hybridized carbons (Fsp3) is 0.429. The van der Waals surface area contributed by atoms with Crippen LogP contribution in [0, 0.1) is 0 Å². The monoisotopic (exact) mass is 359 g/mol. The summed E-state index contributed by atoms with van der Waals surface area (Å²) in [6.07, 6.45) is 1.06. The van der Waals surface area contributed by atoms with Crippen molar-refractivity contribution in [2.75, 3.05) is 43.0 Å². The van der Waals surface area contributed by atoms with Gasteiger partial charge in [-0.05, 0) is 24.3 Å². The molecular formula is C14H18ClN3O4S. The number of carbonyl (C=O) groups excluding carboxylic acids is 2. The summed E-state index contributed by atoms with van der Waals surface area (Å²) in [4.78, 5) is 27.2. The summed E-state index contributed by atoms with van der Waals surface area (Å²) in [6, 6.07) is 6.24. The van der Waals surface area contributed by atoms with Gasteiger partial charge in [0.2, 0.25) is 15.9 Å². The van der Waals surface area contributed by atoms with Gasteiger partial charge in [-0.15, -0.1) is 11.6 Å². The molecule has 0 bridgehead atoms. The van der Waals surface area contributed by atoms with Crippen LogP contribution in [0.2, 0.25) is 0 Å². The van der Waals surface area contributed by atoms with Gasteiger partial charge in [0.25, 0.3) is 5.91 Å². The minimum absolute atomic E-state index is 0.0528. The third-order valence-corrected chi connectivity index (χ3v) is 4.30. The molecule has 0 unspecified atom stereocenters. The number of halogens is 1. The molecule has 0 aliphatic carbocycles. The Morgan fingerprint density at radius 3 is 2.09 bits per heavy atom. The first-order chi connectivity index (χ1) is 10.8. The van der Waals surface area contributed by atoms with E-state index < -0.39 is 10.0 Å². The van der Waals surface area contributed by atoms with Crippen molar-refractivity contribution in [2.24, 2.45) is 0 Å². The van der Waals surface area contributed by atoms with E-state index in [4.69, 9.17) is 11.6 Å². The number of piperazine rings is 1. The van der Waals surface area contributed by atoms with Crippen molar-refractivity contribution in [1.29, 1.82) is 0 Å². The average Bonchev–Trinajstić information content (AvgIpc) is 2.53. The average molecular weight is 360 g/mol. The van der Waals surface area contributed by atoms with E-state index >= 15 is 0 Å². The molecule has 1 fully saturated rings. The number of sulfonamides is 1. The zero-order chi connectivity index (χ0) is 17.0. The molecule has 126 valence electrons. The zero-order valence-corrected chi connectivity index (χ0v) is 14.2. The van der Waals surface area contributed by atoms with Crippen molar-refractivity contribution in [3.8, 4) is 0 Å². The van der Waals surface area contributed by atoms with Gasteiger partial charge in [-0.2, -0.15) is 0 Å². The highest BCUT2D eigenvalue weighted by Gasteiger charge is 2.24. The molecule has 2 rings (SSSR count). The van der Waals surface area contributed by atoms with E-state index in [1.807, 2.05) is 0 Å². The molecule has 1 aliphatic rings. The Hall–Kier alpha value is -1.80. The lowest BCUT2D eigenvalue weighted by molar-refractivity contribution is -0.129. The van der Waals surface area contributed by atoms with Gasteiger partial charge in [-0.25, -0.2) is 8.42 Å². The van der Waals surface area contributed by atoms with Crippen LogP contribution in [0.25, 0.3) is 0 Å². The first-order valence-electron chi connectivity index (χ1n) is 7.01. The Balaban J connectivity index is 1.97. The smallest absolute Gasteiger partial charge is 0.253 e. The number of benzene rings is 1. The van der Waals surface area contributed by atoms with Crippen molar-refractivity contribution in [2.45, 2.75) is 0 Å². The molecule has 0 radical (unpaired) electrons. The maximum absolute atomic E-state index is 12.4. The van der Waals surface area contributed by atoms with Gasteiger partial charge in [0.1, 0.15) is 5.88 Å². The number of nitrogens with zero attached hydrogens (tertiary/aromatic N) is 2. The Kier molecular flexibility index (Phi) is 5.48. The third kappa shape index (κ3) is 4.84. The van der Waals surface area contributed by atoms with E-state index in [-0.39, 0.29) is 17.7 Å². The van der Waals surface area contributed by atoms with Crippen LogP contribution in [0.3, 0.4) is 0 Å². The first-order valence-corrected chi connectivity index (χ1v) is 9.43. The first kappa shape index (κ1) is 17.6. The van der Waals surface area contributed by atoms with Gasteiger partial charge in [0.15, 0.2) is 0 Å². The maximum Gasteiger partial charge on any atom is 0.253 e. The minimum Gasteiger partial charge on any atom is -0.338 e. The van der Waals surface area contributed by atoms with Crippen molar-refractivity contribution < 1.29 is 18.0 Å². The molecule has 0 spiro atoms. The second kappa shape index (κ2) is 7.18. The Morgan fingerprint density at radius 2 is 1.61 bits per heavy atom. The lowest BCUT2D eigenvalue weighted by Gasteiger charge is -2.34. The van der Waals surface area contributed by atoms with E-state index in [0.717, 1.165) is 6.26 Å². The summed E-state index contributed by atoms with van der Waals surface area (Å²) in [5.41, 5.74) is 0.878. The number of hydrogen-bond donors (Lipinski definition) is 1. The molecule has 0 saturated carbocycles. The predicted molar refractivity (Wildman–Crippen MR) is 88.1 cm³/mol. The summed E-state index contributed by atoms with van der Waals surface area (Å²) in [7, 11) is -3.34. The van der Waals surface area contributed by atoms with E-state index in [1.165, 1.54) is 0 Å². The fourth-order valence-electron chi connectivity index (χ4n) is 2.32. The lowest BCUT2D eigenvalue weighted by Crippen LogP contribution is -2.50. The summed E-state index contributed by atoms with van der Waals surface area (Å²) in [5.74, 6) is -0.327. The van der Waals surface area contributed by atoms with E-state index in [2.05, 4.69) is 4.72 Å². The van der Waals surface area contributed by atoms with E-state index in [0.29, 0.717) is 37.4 Å². The Bertz CT molecular complexity index is 682. The SMILES string of the molecule is CS(=O)(=O)Nc1ccc(C(=O)N2CCN(C(=O)CCl)CC2)cc1.